The number of hydrogen-bond donors (Lipinski definition) is 1. The number of carbonyl (C=O) groups excluding carboxylic acids is 2. The van der Waals surface area contributed by atoms with Gasteiger partial charge in [-0.2, -0.15) is 0 Å². The topological polar surface area (TPSA) is 66.6 Å². The van der Waals surface area contributed by atoms with Crippen molar-refractivity contribution in [2.24, 2.45) is 5.92 Å². The minimum atomic E-state index is 0.0213. The van der Waals surface area contributed by atoms with E-state index in [9.17, 15) is 9.59 Å². The molecule has 2 N–H and O–H groups in total. The summed E-state index contributed by atoms with van der Waals surface area (Å²) in [5.41, 5.74) is 6.98. The van der Waals surface area contributed by atoms with Crippen molar-refractivity contribution in [3.63, 3.8) is 0 Å². The fourth-order valence-electron chi connectivity index (χ4n) is 3.75. The van der Waals surface area contributed by atoms with Gasteiger partial charge in [-0.1, -0.05) is 25.7 Å². The second-order valence-electron chi connectivity index (χ2n) is 6.98. The van der Waals surface area contributed by atoms with E-state index < -0.39 is 0 Å². The van der Waals surface area contributed by atoms with Crippen LogP contribution in [0, 0.1) is 5.92 Å². The van der Waals surface area contributed by atoms with Crippen LogP contribution in [-0.4, -0.2) is 47.8 Å². The smallest absolute Gasteiger partial charge is 0.253 e. The van der Waals surface area contributed by atoms with Gasteiger partial charge in [-0.05, 0) is 36.6 Å². The van der Waals surface area contributed by atoms with Gasteiger partial charge in [-0.3, -0.25) is 9.59 Å². The number of benzene rings is 1. The molecule has 1 saturated heterocycles. The molecule has 1 aromatic carbocycles. The average molecular weight is 329 g/mol. The molecule has 0 aromatic heterocycles. The monoisotopic (exact) mass is 329 g/mol. The largest absolute Gasteiger partial charge is 0.399 e. The Morgan fingerprint density at radius 2 is 1.54 bits per heavy atom. The van der Waals surface area contributed by atoms with Gasteiger partial charge < -0.3 is 15.5 Å². The predicted molar refractivity (Wildman–Crippen MR) is 94.5 cm³/mol. The Labute approximate surface area is 143 Å². The van der Waals surface area contributed by atoms with E-state index in [0.29, 0.717) is 43.9 Å². The van der Waals surface area contributed by atoms with Crippen molar-refractivity contribution in [2.45, 2.75) is 38.5 Å². The maximum Gasteiger partial charge on any atom is 0.253 e. The third kappa shape index (κ3) is 4.08. The lowest BCUT2D eigenvalue weighted by molar-refractivity contribution is -0.133. The first kappa shape index (κ1) is 16.8. The van der Waals surface area contributed by atoms with Gasteiger partial charge in [-0.25, -0.2) is 0 Å². The number of rotatable bonds is 4. The van der Waals surface area contributed by atoms with Crippen molar-refractivity contribution in [2.75, 3.05) is 31.9 Å². The van der Waals surface area contributed by atoms with E-state index in [1.54, 1.807) is 24.3 Å². The summed E-state index contributed by atoms with van der Waals surface area (Å²) >= 11 is 0. The van der Waals surface area contributed by atoms with Crippen molar-refractivity contribution in [3.8, 4) is 0 Å². The SMILES string of the molecule is Nc1ccc(C(=O)N2CCN(C(=O)CCC3CCCC3)CC2)cc1. The van der Waals surface area contributed by atoms with Gasteiger partial charge in [-0.15, -0.1) is 0 Å². The van der Waals surface area contributed by atoms with E-state index in [-0.39, 0.29) is 11.8 Å². The van der Waals surface area contributed by atoms with Crippen LogP contribution in [0.5, 0.6) is 0 Å². The quantitative estimate of drug-likeness (QED) is 0.863. The van der Waals surface area contributed by atoms with E-state index in [1.807, 2.05) is 9.80 Å². The Kier molecular flexibility index (Phi) is 5.38. The highest BCUT2D eigenvalue weighted by atomic mass is 16.2. The molecule has 0 atom stereocenters. The molecule has 1 aromatic rings. The summed E-state index contributed by atoms with van der Waals surface area (Å²) in [6.07, 6.45) is 6.92. The molecular weight excluding hydrogens is 302 g/mol. The lowest BCUT2D eigenvalue weighted by Crippen LogP contribution is -2.50. The molecule has 1 aliphatic heterocycles. The molecular formula is C19H27N3O2. The predicted octanol–water partition coefficient (Wildman–Crippen LogP) is 2.52. The van der Waals surface area contributed by atoms with Crippen molar-refractivity contribution >= 4 is 17.5 Å². The standard InChI is InChI=1S/C19H27N3O2/c20-17-8-6-16(7-9-17)19(24)22-13-11-21(12-14-22)18(23)10-5-15-3-1-2-4-15/h6-9,15H,1-5,10-14,20H2. The minimum absolute atomic E-state index is 0.0213. The summed E-state index contributed by atoms with van der Waals surface area (Å²) in [5, 5.41) is 0. The molecule has 24 heavy (non-hydrogen) atoms. The molecule has 1 aliphatic carbocycles. The lowest BCUT2D eigenvalue weighted by Gasteiger charge is -2.35. The Hall–Kier alpha value is -2.04. The molecule has 2 fully saturated rings. The summed E-state index contributed by atoms with van der Waals surface area (Å²) in [5.74, 6) is 1.02. The number of piperazine rings is 1. The number of hydrogen-bond acceptors (Lipinski definition) is 3. The van der Waals surface area contributed by atoms with Crippen LogP contribution in [0.15, 0.2) is 24.3 Å². The Balaban J connectivity index is 1.45. The molecule has 0 radical (unpaired) electrons. The second kappa shape index (κ2) is 7.69. The Bertz CT molecular complexity index is 571. The highest BCUT2D eigenvalue weighted by molar-refractivity contribution is 5.94. The summed E-state index contributed by atoms with van der Waals surface area (Å²) in [4.78, 5) is 28.6. The fourth-order valence-corrected chi connectivity index (χ4v) is 3.75. The van der Waals surface area contributed by atoms with Gasteiger partial charge >= 0.3 is 0 Å². The number of amides is 2. The van der Waals surface area contributed by atoms with Crippen LogP contribution in [0.1, 0.15) is 48.9 Å². The number of carbonyl (C=O) groups is 2. The molecule has 130 valence electrons. The van der Waals surface area contributed by atoms with Gasteiger partial charge in [0.05, 0.1) is 0 Å². The van der Waals surface area contributed by atoms with Crippen molar-refractivity contribution in [3.05, 3.63) is 29.8 Å². The normalized spacial score (nSPS) is 18.8. The van der Waals surface area contributed by atoms with Crippen LogP contribution in [0.25, 0.3) is 0 Å². The molecule has 5 nitrogen and oxygen atoms in total. The van der Waals surface area contributed by atoms with Gasteiger partial charge in [0, 0.05) is 43.9 Å². The van der Waals surface area contributed by atoms with Gasteiger partial charge in [0.2, 0.25) is 5.91 Å². The summed E-state index contributed by atoms with van der Waals surface area (Å²) < 4.78 is 0. The molecule has 5 heteroatoms. The third-order valence-electron chi connectivity index (χ3n) is 5.32. The zero-order valence-corrected chi connectivity index (χ0v) is 14.2. The maximum atomic E-state index is 12.5. The molecule has 0 spiro atoms. The zero-order chi connectivity index (χ0) is 16.9. The molecule has 0 bridgehead atoms. The van der Waals surface area contributed by atoms with Crippen molar-refractivity contribution in [1.82, 2.24) is 9.80 Å². The van der Waals surface area contributed by atoms with Crippen LogP contribution in [0.2, 0.25) is 0 Å². The number of nitrogens with two attached hydrogens (primary N) is 1. The average Bonchev–Trinajstić information content (AvgIpc) is 3.13. The number of anilines is 1. The van der Waals surface area contributed by atoms with Gasteiger partial charge in [0.25, 0.3) is 5.91 Å². The molecule has 0 unspecified atom stereocenters. The molecule has 1 heterocycles. The van der Waals surface area contributed by atoms with E-state index in [0.717, 1.165) is 12.3 Å². The Morgan fingerprint density at radius 3 is 2.17 bits per heavy atom. The number of nitrogen functional groups attached to an aromatic ring is 1. The van der Waals surface area contributed by atoms with Crippen LogP contribution in [0.4, 0.5) is 5.69 Å². The first-order valence-electron chi connectivity index (χ1n) is 9.06. The summed E-state index contributed by atoms with van der Waals surface area (Å²) in [6, 6.07) is 7.01. The fraction of sp³-hybridized carbons (Fsp3) is 0.579. The van der Waals surface area contributed by atoms with Gasteiger partial charge in [0.1, 0.15) is 0 Å². The van der Waals surface area contributed by atoms with Crippen LogP contribution < -0.4 is 5.73 Å². The first-order valence-corrected chi connectivity index (χ1v) is 9.06. The molecule has 2 amide bonds. The first-order chi connectivity index (χ1) is 11.6. The summed E-state index contributed by atoms with van der Waals surface area (Å²) in [6.45, 7) is 2.51. The molecule has 3 rings (SSSR count). The number of nitrogens with zero attached hydrogens (tertiary/aromatic N) is 2. The van der Waals surface area contributed by atoms with Crippen molar-refractivity contribution in [1.29, 1.82) is 0 Å². The van der Waals surface area contributed by atoms with Crippen LogP contribution in [0.3, 0.4) is 0 Å². The molecule has 2 aliphatic rings. The summed E-state index contributed by atoms with van der Waals surface area (Å²) in [7, 11) is 0. The zero-order valence-electron chi connectivity index (χ0n) is 14.2. The Morgan fingerprint density at radius 1 is 0.958 bits per heavy atom. The third-order valence-corrected chi connectivity index (χ3v) is 5.32. The minimum Gasteiger partial charge on any atom is -0.399 e. The van der Waals surface area contributed by atoms with Crippen molar-refractivity contribution < 1.29 is 9.59 Å². The highest BCUT2D eigenvalue weighted by Gasteiger charge is 2.25. The van der Waals surface area contributed by atoms with Crippen LogP contribution >= 0.6 is 0 Å². The highest BCUT2D eigenvalue weighted by Crippen LogP contribution is 2.28. The second-order valence-corrected chi connectivity index (χ2v) is 6.98. The van der Waals surface area contributed by atoms with Gasteiger partial charge in [0.15, 0.2) is 0 Å². The van der Waals surface area contributed by atoms with Crippen LogP contribution in [-0.2, 0) is 4.79 Å². The van der Waals surface area contributed by atoms with E-state index in [4.69, 9.17) is 5.73 Å². The lowest BCUT2D eigenvalue weighted by atomic mass is 10.0. The van der Waals surface area contributed by atoms with E-state index in [1.165, 1.54) is 25.7 Å². The van der Waals surface area contributed by atoms with E-state index in [2.05, 4.69) is 0 Å². The molecule has 1 saturated carbocycles. The van der Waals surface area contributed by atoms with E-state index >= 15 is 0 Å². The maximum absolute atomic E-state index is 12.5.